The maximum Gasteiger partial charge on any atom is 0.0923 e. The van der Waals surface area contributed by atoms with E-state index < -0.39 is 0 Å². The summed E-state index contributed by atoms with van der Waals surface area (Å²) < 4.78 is 0. The van der Waals surface area contributed by atoms with Crippen molar-refractivity contribution >= 4 is 22.8 Å². The molecule has 2 aromatic carbocycles. The van der Waals surface area contributed by atoms with Crippen LogP contribution in [0.4, 0.5) is 17.1 Å². The van der Waals surface area contributed by atoms with Crippen LogP contribution in [0.25, 0.3) is 0 Å². The van der Waals surface area contributed by atoms with Crippen LogP contribution in [0.5, 0.6) is 0 Å². The number of anilines is 3. The Balaban J connectivity index is 1.93. The van der Waals surface area contributed by atoms with Crippen LogP contribution in [0.1, 0.15) is 13.3 Å². The second kappa shape index (κ2) is 10.1. The highest BCUT2D eigenvalue weighted by Crippen LogP contribution is 2.20. The van der Waals surface area contributed by atoms with Crippen LogP contribution in [-0.4, -0.2) is 19.8 Å². The van der Waals surface area contributed by atoms with Crippen LogP contribution in [0.3, 0.4) is 0 Å². The van der Waals surface area contributed by atoms with Gasteiger partial charge >= 0.3 is 0 Å². The molecule has 4 nitrogen and oxygen atoms in total. The molecule has 0 fully saturated rings. The third-order valence-electron chi connectivity index (χ3n) is 3.59. The van der Waals surface area contributed by atoms with Gasteiger partial charge in [-0.15, -0.1) is 0 Å². The summed E-state index contributed by atoms with van der Waals surface area (Å²) in [5, 5.41) is 11.9. The van der Waals surface area contributed by atoms with Gasteiger partial charge in [-0.3, -0.25) is 5.01 Å². The Kier molecular flexibility index (Phi) is 7.47. The van der Waals surface area contributed by atoms with E-state index in [2.05, 4.69) is 52.9 Å². The van der Waals surface area contributed by atoms with E-state index in [4.69, 9.17) is 0 Å². The quantitative estimate of drug-likeness (QED) is 0.437. The minimum atomic E-state index is 0.839. The van der Waals surface area contributed by atoms with E-state index in [0.29, 0.717) is 0 Å². The van der Waals surface area contributed by atoms with Crippen molar-refractivity contribution in [1.29, 1.82) is 0 Å². The van der Waals surface area contributed by atoms with Crippen LogP contribution < -0.4 is 15.6 Å². The van der Waals surface area contributed by atoms with Crippen LogP contribution in [-0.2, 0) is 0 Å². The van der Waals surface area contributed by atoms with E-state index in [1.165, 1.54) is 0 Å². The fourth-order valence-corrected chi connectivity index (χ4v) is 2.30. The molecule has 0 saturated carbocycles. The van der Waals surface area contributed by atoms with E-state index in [0.717, 1.165) is 29.2 Å². The molecule has 4 heteroatoms. The molecular weight excluding hydrogens is 308 g/mol. The topological polar surface area (TPSA) is 44.2 Å². The van der Waals surface area contributed by atoms with Gasteiger partial charge in [0.05, 0.1) is 18.9 Å². The van der Waals surface area contributed by atoms with Crippen LogP contribution in [0, 0.1) is 0 Å². The molecule has 130 valence electrons. The predicted molar refractivity (Wildman–Crippen MR) is 108 cm³/mol. The summed E-state index contributed by atoms with van der Waals surface area (Å²) in [4.78, 5) is 0. The molecular formula is C21H27N4+. The fraction of sp³-hybridized carbons (Fsp3) is 0.190. The molecule has 0 atom stereocenters. The van der Waals surface area contributed by atoms with Gasteiger partial charge in [0.25, 0.3) is 0 Å². The summed E-state index contributed by atoms with van der Waals surface area (Å²) in [7, 11) is 3.98. The Morgan fingerprint density at radius 1 is 1.04 bits per heavy atom. The Hall–Kier alpha value is -2.85. The van der Waals surface area contributed by atoms with Crippen molar-refractivity contribution in [3.63, 3.8) is 0 Å². The molecule has 0 aliphatic carbocycles. The summed E-state index contributed by atoms with van der Waals surface area (Å²) in [6.45, 7) is 2.04. The van der Waals surface area contributed by atoms with E-state index in [9.17, 15) is 0 Å². The smallest absolute Gasteiger partial charge is 0.0923 e. The third-order valence-corrected chi connectivity index (χ3v) is 3.59. The zero-order chi connectivity index (χ0) is 17.9. The van der Waals surface area contributed by atoms with E-state index in [-0.39, 0.29) is 0 Å². The molecule has 0 heterocycles. The van der Waals surface area contributed by atoms with Crippen molar-refractivity contribution < 1.29 is 5.32 Å². The molecule has 3 N–H and O–H groups in total. The van der Waals surface area contributed by atoms with Gasteiger partial charge in [-0.2, -0.15) is 5.10 Å². The zero-order valence-electron chi connectivity index (χ0n) is 15.2. The highest BCUT2D eigenvalue weighted by molar-refractivity contribution is 5.84. The Morgan fingerprint density at radius 3 is 2.40 bits per heavy atom. The summed E-state index contributed by atoms with van der Waals surface area (Å²) in [6, 6.07) is 18.4. The lowest BCUT2D eigenvalue weighted by Crippen LogP contribution is -2.72. The van der Waals surface area contributed by atoms with Gasteiger partial charge in [0.15, 0.2) is 0 Å². The van der Waals surface area contributed by atoms with Gasteiger partial charge in [0, 0.05) is 30.6 Å². The summed E-state index contributed by atoms with van der Waals surface area (Å²) in [6.07, 6.45) is 9.03. The van der Waals surface area contributed by atoms with Crippen molar-refractivity contribution in [2.75, 3.05) is 24.4 Å². The molecule has 2 rings (SSSR count). The monoisotopic (exact) mass is 335 g/mol. The van der Waals surface area contributed by atoms with Crippen molar-refractivity contribution in [3.05, 3.63) is 79.0 Å². The Labute approximate surface area is 150 Å². The highest BCUT2D eigenvalue weighted by atomic mass is 15.4. The van der Waals surface area contributed by atoms with E-state index >= 15 is 0 Å². The van der Waals surface area contributed by atoms with Crippen molar-refractivity contribution in [1.82, 2.24) is 0 Å². The molecule has 25 heavy (non-hydrogen) atoms. The van der Waals surface area contributed by atoms with E-state index in [1.807, 2.05) is 67.9 Å². The third kappa shape index (κ3) is 6.65. The maximum atomic E-state index is 4.63. The number of nitrogens with two attached hydrogens (primary N) is 1. The highest BCUT2D eigenvalue weighted by Gasteiger charge is 2.00. The van der Waals surface area contributed by atoms with Crippen LogP contribution in [0.2, 0.25) is 0 Å². The first-order chi connectivity index (χ1) is 12.2. The number of para-hydroxylation sites is 1. The minimum absolute atomic E-state index is 0.839. The standard InChI is InChI=1S/C21H26N4/c1-18(10-6-5-9-17-22-2)24-25(3)21-15-13-20(14-16-21)23-19-11-7-4-8-12-19/h4-9,11-17,22-23H,10H2,1-3H3/p+1/b6-5-,17-9-,24-18+. The van der Waals surface area contributed by atoms with Gasteiger partial charge in [-0.05, 0) is 49.4 Å². The summed E-state index contributed by atoms with van der Waals surface area (Å²) in [5.74, 6) is 0. The average molecular weight is 335 g/mol. The molecule has 0 aliphatic rings. The maximum absolute atomic E-state index is 4.63. The number of rotatable bonds is 8. The van der Waals surface area contributed by atoms with Gasteiger partial charge in [-0.1, -0.05) is 30.4 Å². The van der Waals surface area contributed by atoms with Gasteiger partial charge in [-0.25, -0.2) is 0 Å². The molecule has 0 amide bonds. The average Bonchev–Trinajstić information content (AvgIpc) is 2.63. The number of hydrazone groups is 1. The summed E-state index contributed by atoms with van der Waals surface area (Å²) >= 11 is 0. The lowest BCUT2D eigenvalue weighted by molar-refractivity contribution is -0.556. The van der Waals surface area contributed by atoms with Crippen molar-refractivity contribution in [2.45, 2.75) is 13.3 Å². The number of hydrogen-bond acceptors (Lipinski definition) is 3. The Bertz CT molecular complexity index is 715. The normalized spacial score (nSPS) is 12.0. The van der Waals surface area contributed by atoms with Gasteiger partial charge in [0.2, 0.25) is 0 Å². The first kappa shape index (κ1) is 18.5. The number of benzene rings is 2. The molecule has 0 spiro atoms. The first-order valence-corrected chi connectivity index (χ1v) is 8.50. The van der Waals surface area contributed by atoms with E-state index in [1.54, 1.807) is 0 Å². The van der Waals surface area contributed by atoms with Gasteiger partial charge < -0.3 is 10.6 Å². The number of allylic oxidation sites excluding steroid dienone is 3. The number of nitrogens with zero attached hydrogens (tertiary/aromatic N) is 2. The molecule has 0 radical (unpaired) electrons. The molecule has 0 aliphatic heterocycles. The molecule has 0 bridgehead atoms. The zero-order valence-corrected chi connectivity index (χ0v) is 15.2. The molecule has 0 unspecified atom stereocenters. The second-order valence-electron chi connectivity index (χ2n) is 5.75. The second-order valence-corrected chi connectivity index (χ2v) is 5.75. The number of nitrogens with one attached hydrogen (secondary N) is 1. The number of hydrogen-bond donors (Lipinski definition) is 2. The minimum Gasteiger partial charge on any atom is -0.356 e. The first-order valence-electron chi connectivity index (χ1n) is 8.50. The van der Waals surface area contributed by atoms with Crippen molar-refractivity contribution in [3.8, 4) is 0 Å². The van der Waals surface area contributed by atoms with Crippen LogP contribution >= 0.6 is 0 Å². The van der Waals surface area contributed by atoms with Gasteiger partial charge in [0.1, 0.15) is 0 Å². The predicted octanol–water partition coefficient (Wildman–Crippen LogP) is 3.90. The Morgan fingerprint density at radius 2 is 1.72 bits per heavy atom. The lowest BCUT2D eigenvalue weighted by atomic mass is 10.2. The molecule has 2 aromatic rings. The number of quaternary nitrogens is 1. The largest absolute Gasteiger partial charge is 0.356 e. The lowest BCUT2D eigenvalue weighted by Gasteiger charge is -2.15. The molecule has 0 saturated heterocycles. The summed E-state index contributed by atoms with van der Waals surface area (Å²) in [5.41, 5.74) is 4.27. The molecule has 0 aromatic heterocycles. The van der Waals surface area contributed by atoms with Crippen LogP contribution in [0.15, 0.2) is 84.1 Å². The fourth-order valence-electron chi connectivity index (χ4n) is 2.30. The SMILES string of the molecule is C[NH2+]/C=C\C=C/C/C(C)=N/N(C)c1ccc(Nc2ccccc2)cc1. The van der Waals surface area contributed by atoms with Crippen molar-refractivity contribution in [2.24, 2.45) is 5.10 Å².